The smallest absolute Gasteiger partial charge is 0.303 e. The Morgan fingerprint density at radius 3 is 2.52 bits per heavy atom. The third kappa shape index (κ3) is 8.70. The third-order valence-corrected chi connectivity index (χ3v) is 5.73. The molecule has 1 spiro atoms. The lowest BCUT2D eigenvalue weighted by Crippen LogP contribution is -2.46. The lowest BCUT2D eigenvalue weighted by Gasteiger charge is -2.38. The van der Waals surface area contributed by atoms with Gasteiger partial charge in [-0.15, -0.1) is 0 Å². The van der Waals surface area contributed by atoms with Crippen LogP contribution in [0.15, 0.2) is 36.0 Å². The first-order valence-corrected chi connectivity index (χ1v) is 11.6. The van der Waals surface area contributed by atoms with Crippen LogP contribution in [0.4, 0.5) is 0 Å². The molecule has 0 aromatic rings. The normalized spacial score (nSPS) is 32.8. The second-order valence-corrected chi connectivity index (χ2v) is 9.79. The summed E-state index contributed by atoms with van der Waals surface area (Å²) in [5.74, 6) is -0.669. The van der Waals surface area contributed by atoms with Gasteiger partial charge in [0.1, 0.15) is 6.10 Å². The molecule has 0 bridgehead atoms. The van der Waals surface area contributed by atoms with Crippen molar-refractivity contribution in [3.63, 3.8) is 0 Å². The molecular formula is C25H37NO7. The summed E-state index contributed by atoms with van der Waals surface area (Å²) in [7, 11) is 0. The van der Waals surface area contributed by atoms with Crippen molar-refractivity contribution in [1.29, 1.82) is 0 Å². The van der Waals surface area contributed by atoms with E-state index < -0.39 is 6.10 Å². The quantitative estimate of drug-likeness (QED) is 0.256. The van der Waals surface area contributed by atoms with Crippen molar-refractivity contribution in [2.45, 2.75) is 89.6 Å². The van der Waals surface area contributed by atoms with Gasteiger partial charge >= 0.3 is 5.97 Å². The van der Waals surface area contributed by atoms with Crippen LogP contribution in [0.25, 0.3) is 0 Å². The number of amides is 1. The number of allylic oxidation sites excluding steroid dienone is 2. The van der Waals surface area contributed by atoms with Gasteiger partial charge in [-0.25, -0.2) is 0 Å². The number of hydrogen-bond donors (Lipinski definition) is 1. The molecule has 3 rings (SSSR count). The summed E-state index contributed by atoms with van der Waals surface area (Å²) in [4.78, 5) is 22.9. The Labute approximate surface area is 196 Å². The molecule has 3 atom stereocenters. The Morgan fingerprint density at radius 2 is 1.88 bits per heavy atom. The molecule has 1 N–H and O–H groups in total. The zero-order valence-electron chi connectivity index (χ0n) is 20.3. The maximum atomic E-state index is 12.0. The van der Waals surface area contributed by atoms with Gasteiger partial charge in [-0.2, -0.15) is 0 Å². The Bertz CT molecular complexity index is 783. The molecule has 3 heterocycles. The van der Waals surface area contributed by atoms with Gasteiger partial charge in [0.25, 0.3) is 0 Å². The largest absolute Gasteiger partial charge is 0.459 e. The van der Waals surface area contributed by atoms with E-state index in [-0.39, 0.29) is 41.5 Å². The predicted octanol–water partition coefficient (Wildman–Crippen LogP) is 2.97. The summed E-state index contributed by atoms with van der Waals surface area (Å²) in [6, 6.07) is -0.226. The van der Waals surface area contributed by atoms with Crippen LogP contribution < -0.4 is 5.32 Å². The standard InChI is InChI=1S/C25H37NO7/c1-17(6-9-21-12-25(16-31-25)15-24(4,5)33-21)7-11-23-29-13-20(14-30-23)26-22(28)10-8-18(2)32-19(3)27/h6-10,18,20-21,23H,11-16H2,1-5H3,(H,26,28)/t18-,20?,21+,23?,25+/m0/s1. The van der Waals surface area contributed by atoms with E-state index in [9.17, 15) is 9.59 Å². The minimum absolute atomic E-state index is 0.0144. The Hall–Kier alpha value is -2.00. The summed E-state index contributed by atoms with van der Waals surface area (Å²) in [5.41, 5.74) is 0.955. The number of carbonyl (C=O) groups is 2. The second-order valence-electron chi connectivity index (χ2n) is 9.79. The SMILES string of the molecule is CC(=O)O[C@@H](C)C=CC(=O)NC1COC(CC=C(C)C=C[C@@H]2C[C@]3(CO3)CC(C)(C)O2)OC1. The van der Waals surface area contributed by atoms with Gasteiger partial charge in [0.2, 0.25) is 5.91 Å². The fourth-order valence-electron chi connectivity index (χ4n) is 4.28. The average Bonchev–Trinajstić information content (AvgIpc) is 3.46. The van der Waals surface area contributed by atoms with Crippen molar-refractivity contribution in [2.24, 2.45) is 0 Å². The summed E-state index contributed by atoms with van der Waals surface area (Å²) in [6.07, 6.45) is 10.9. The van der Waals surface area contributed by atoms with Crippen LogP contribution in [0.3, 0.4) is 0 Å². The fourth-order valence-corrected chi connectivity index (χ4v) is 4.28. The first kappa shape index (κ1) is 25.6. The van der Waals surface area contributed by atoms with Gasteiger partial charge in [-0.1, -0.05) is 23.8 Å². The van der Waals surface area contributed by atoms with Crippen molar-refractivity contribution in [1.82, 2.24) is 5.32 Å². The highest BCUT2D eigenvalue weighted by atomic mass is 16.7. The summed E-state index contributed by atoms with van der Waals surface area (Å²) < 4.78 is 28.3. The van der Waals surface area contributed by atoms with Crippen LogP contribution in [0.1, 0.15) is 53.9 Å². The third-order valence-electron chi connectivity index (χ3n) is 5.73. The van der Waals surface area contributed by atoms with E-state index in [1.165, 1.54) is 19.1 Å². The average molecular weight is 464 g/mol. The Kier molecular flexibility index (Phi) is 8.50. The number of ether oxygens (including phenoxy) is 5. The van der Waals surface area contributed by atoms with Gasteiger partial charge in [-0.3, -0.25) is 9.59 Å². The minimum Gasteiger partial charge on any atom is -0.459 e. The van der Waals surface area contributed by atoms with Crippen molar-refractivity contribution in [3.05, 3.63) is 36.0 Å². The van der Waals surface area contributed by atoms with E-state index >= 15 is 0 Å². The minimum atomic E-state index is -0.458. The van der Waals surface area contributed by atoms with E-state index in [4.69, 9.17) is 23.7 Å². The van der Waals surface area contributed by atoms with Crippen molar-refractivity contribution < 1.29 is 33.3 Å². The Morgan fingerprint density at radius 1 is 1.18 bits per heavy atom. The lowest BCUT2D eigenvalue weighted by molar-refractivity contribution is -0.187. The molecule has 33 heavy (non-hydrogen) atoms. The van der Waals surface area contributed by atoms with E-state index in [1.807, 2.05) is 6.92 Å². The van der Waals surface area contributed by atoms with Crippen molar-refractivity contribution in [2.75, 3.05) is 19.8 Å². The summed E-state index contributed by atoms with van der Waals surface area (Å²) in [6.45, 7) is 10.9. The monoisotopic (exact) mass is 463 g/mol. The molecule has 0 aromatic carbocycles. The van der Waals surface area contributed by atoms with Crippen LogP contribution in [0.2, 0.25) is 0 Å². The van der Waals surface area contributed by atoms with Crippen LogP contribution in [0, 0.1) is 0 Å². The first-order valence-electron chi connectivity index (χ1n) is 11.6. The molecule has 3 fully saturated rings. The molecular weight excluding hydrogens is 426 g/mol. The summed E-state index contributed by atoms with van der Waals surface area (Å²) in [5, 5.41) is 2.82. The lowest BCUT2D eigenvalue weighted by atomic mass is 9.85. The maximum Gasteiger partial charge on any atom is 0.303 e. The van der Waals surface area contributed by atoms with Gasteiger partial charge in [-0.05, 0) is 33.8 Å². The zero-order chi connectivity index (χ0) is 24.1. The van der Waals surface area contributed by atoms with Gasteiger partial charge in [0.15, 0.2) is 6.29 Å². The number of rotatable bonds is 8. The second kappa shape index (κ2) is 11.0. The molecule has 0 radical (unpaired) electrons. The van der Waals surface area contributed by atoms with E-state index in [0.29, 0.717) is 19.6 Å². The first-order chi connectivity index (χ1) is 15.5. The number of carbonyl (C=O) groups excluding carboxylic acids is 2. The van der Waals surface area contributed by atoms with Gasteiger partial charge in [0.05, 0.1) is 43.2 Å². The van der Waals surface area contributed by atoms with E-state index in [2.05, 4.69) is 37.4 Å². The highest BCUT2D eigenvalue weighted by molar-refractivity contribution is 5.87. The van der Waals surface area contributed by atoms with Gasteiger partial charge in [0, 0.05) is 32.3 Å². The molecule has 0 saturated carbocycles. The molecule has 184 valence electrons. The molecule has 8 heteroatoms. The highest BCUT2D eigenvalue weighted by Gasteiger charge is 2.53. The maximum absolute atomic E-state index is 12.0. The molecule has 3 aliphatic rings. The number of esters is 1. The van der Waals surface area contributed by atoms with Crippen molar-refractivity contribution in [3.8, 4) is 0 Å². The predicted molar refractivity (Wildman–Crippen MR) is 122 cm³/mol. The molecule has 3 aliphatic heterocycles. The van der Waals surface area contributed by atoms with Crippen LogP contribution >= 0.6 is 0 Å². The molecule has 0 aromatic heterocycles. The van der Waals surface area contributed by atoms with E-state index in [1.54, 1.807) is 6.92 Å². The topological polar surface area (TPSA) is 95.6 Å². The van der Waals surface area contributed by atoms with Crippen LogP contribution in [0.5, 0.6) is 0 Å². The number of nitrogens with one attached hydrogen (secondary N) is 1. The van der Waals surface area contributed by atoms with E-state index in [0.717, 1.165) is 25.0 Å². The Balaban J connectivity index is 1.36. The highest BCUT2D eigenvalue weighted by Crippen LogP contribution is 2.46. The molecule has 3 saturated heterocycles. The molecule has 8 nitrogen and oxygen atoms in total. The molecule has 1 amide bonds. The number of hydrogen-bond acceptors (Lipinski definition) is 7. The summed E-state index contributed by atoms with van der Waals surface area (Å²) >= 11 is 0. The van der Waals surface area contributed by atoms with Crippen LogP contribution in [-0.4, -0.2) is 67.4 Å². The van der Waals surface area contributed by atoms with Crippen molar-refractivity contribution >= 4 is 11.9 Å². The zero-order valence-corrected chi connectivity index (χ0v) is 20.3. The molecule has 0 aliphatic carbocycles. The van der Waals surface area contributed by atoms with Crippen LogP contribution in [-0.2, 0) is 33.3 Å². The fraction of sp³-hybridized carbons (Fsp3) is 0.680. The number of epoxide rings is 1. The van der Waals surface area contributed by atoms with Gasteiger partial charge < -0.3 is 29.0 Å². The molecule has 0 unspecified atom stereocenters.